The summed E-state index contributed by atoms with van der Waals surface area (Å²) in [5.74, 6) is 0. The summed E-state index contributed by atoms with van der Waals surface area (Å²) in [6, 6.07) is 13.0. The van der Waals surface area contributed by atoms with Gasteiger partial charge in [0.15, 0.2) is 0 Å². The van der Waals surface area contributed by atoms with Crippen molar-refractivity contribution >= 4 is 10.8 Å². The number of nitrogens with two attached hydrogens (primary N) is 1. The zero-order valence-corrected chi connectivity index (χ0v) is 10.2. The van der Waals surface area contributed by atoms with Gasteiger partial charge in [-0.2, -0.15) is 0 Å². The molecule has 0 fully saturated rings. The Morgan fingerprint density at radius 1 is 1.00 bits per heavy atom. The minimum atomic E-state index is 0.0350. The van der Waals surface area contributed by atoms with Gasteiger partial charge in [0.05, 0.1) is 0 Å². The minimum absolute atomic E-state index is 0.0350. The predicted molar refractivity (Wildman–Crippen MR) is 70.8 cm³/mol. The van der Waals surface area contributed by atoms with Crippen LogP contribution in [0.3, 0.4) is 0 Å². The van der Waals surface area contributed by atoms with Crippen LogP contribution in [0.4, 0.5) is 0 Å². The molecule has 0 heterocycles. The summed E-state index contributed by atoms with van der Waals surface area (Å²) in [5, 5.41) is 2.67. The van der Waals surface area contributed by atoms with E-state index in [1.54, 1.807) is 0 Å². The third-order valence-electron chi connectivity index (χ3n) is 3.38. The van der Waals surface area contributed by atoms with Gasteiger partial charge in [-0.15, -0.1) is 0 Å². The highest BCUT2D eigenvalue weighted by Crippen LogP contribution is 2.30. The van der Waals surface area contributed by atoms with Crippen LogP contribution in [0, 0.1) is 6.92 Å². The van der Waals surface area contributed by atoms with Gasteiger partial charge in [-0.3, -0.25) is 0 Å². The van der Waals surface area contributed by atoms with Crippen molar-refractivity contribution in [3.8, 4) is 0 Å². The first kappa shape index (κ1) is 11.2. The van der Waals surface area contributed by atoms with Crippen molar-refractivity contribution in [2.45, 2.75) is 26.2 Å². The molecule has 0 unspecified atom stereocenters. The van der Waals surface area contributed by atoms with Gasteiger partial charge < -0.3 is 5.73 Å². The number of fused-ring (bicyclic) bond motifs is 1. The Hall–Kier alpha value is -1.34. The molecule has 1 nitrogen and oxygen atoms in total. The first-order chi connectivity index (χ1) is 7.56. The Bertz CT molecular complexity index is 512. The summed E-state index contributed by atoms with van der Waals surface area (Å²) in [5.41, 5.74) is 8.57. The van der Waals surface area contributed by atoms with E-state index in [1.165, 1.54) is 21.9 Å². The first-order valence-corrected chi connectivity index (χ1v) is 5.75. The van der Waals surface area contributed by atoms with Crippen molar-refractivity contribution < 1.29 is 0 Å². The van der Waals surface area contributed by atoms with E-state index >= 15 is 0 Å². The van der Waals surface area contributed by atoms with Crippen LogP contribution in [0.5, 0.6) is 0 Å². The molecule has 2 aromatic rings. The lowest BCUT2D eigenvalue weighted by Gasteiger charge is -2.25. The summed E-state index contributed by atoms with van der Waals surface area (Å²) in [6.45, 7) is 7.22. The number of benzene rings is 2. The summed E-state index contributed by atoms with van der Waals surface area (Å²) in [7, 11) is 0. The third kappa shape index (κ3) is 1.72. The van der Waals surface area contributed by atoms with E-state index in [1.807, 2.05) is 0 Å². The molecule has 1 heteroatoms. The molecule has 0 aromatic heterocycles. The fourth-order valence-electron chi connectivity index (χ4n) is 2.17. The van der Waals surface area contributed by atoms with Crippen LogP contribution in [0.15, 0.2) is 36.4 Å². The maximum atomic E-state index is 5.87. The molecule has 0 amide bonds. The van der Waals surface area contributed by atoms with E-state index in [4.69, 9.17) is 5.73 Å². The average Bonchev–Trinajstić information content (AvgIpc) is 2.29. The molecule has 2 aromatic carbocycles. The highest BCUT2D eigenvalue weighted by Gasteiger charge is 2.20. The van der Waals surface area contributed by atoms with Gasteiger partial charge in [0.2, 0.25) is 0 Å². The highest BCUT2D eigenvalue weighted by molar-refractivity contribution is 5.89. The van der Waals surface area contributed by atoms with E-state index in [9.17, 15) is 0 Å². The lowest BCUT2D eigenvalue weighted by atomic mass is 9.81. The van der Waals surface area contributed by atoms with Crippen LogP contribution in [0.2, 0.25) is 0 Å². The molecule has 0 spiro atoms. The number of hydrogen-bond acceptors (Lipinski definition) is 1. The molecule has 16 heavy (non-hydrogen) atoms. The van der Waals surface area contributed by atoms with Crippen LogP contribution in [0.25, 0.3) is 10.8 Å². The number of rotatable bonds is 2. The van der Waals surface area contributed by atoms with E-state index in [0.717, 1.165) is 0 Å². The second kappa shape index (κ2) is 3.91. The Balaban J connectivity index is 2.77. The van der Waals surface area contributed by atoms with Crippen LogP contribution >= 0.6 is 0 Å². The van der Waals surface area contributed by atoms with Gasteiger partial charge in [-0.25, -0.2) is 0 Å². The lowest BCUT2D eigenvalue weighted by molar-refractivity contribution is 0.544. The molecule has 0 radical (unpaired) electrons. The monoisotopic (exact) mass is 213 g/mol. The summed E-state index contributed by atoms with van der Waals surface area (Å²) >= 11 is 0. The van der Waals surface area contributed by atoms with Gasteiger partial charge in [0, 0.05) is 12.0 Å². The van der Waals surface area contributed by atoms with Crippen LogP contribution < -0.4 is 5.73 Å². The fraction of sp³-hybridized carbons (Fsp3) is 0.333. The molecule has 0 bridgehead atoms. The van der Waals surface area contributed by atoms with Crippen molar-refractivity contribution in [1.82, 2.24) is 0 Å². The van der Waals surface area contributed by atoms with Gasteiger partial charge in [0.1, 0.15) is 0 Å². The molecule has 0 aliphatic rings. The van der Waals surface area contributed by atoms with E-state index in [2.05, 4.69) is 57.2 Å². The van der Waals surface area contributed by atoms with Crippen molar-refractivity contribution in [2.24, 2.45) is 5.73 Å². The largest absolute Gasteiger partial charge is 0.330 e. The SMILES string of the molecule is Cc1cccc2c(C(C)(C)CN)cccc12. The number of aryl methyl sites for hydroxylation is 1. The molecule has 0 aliphatic heterocycles. The maximum Gasteiger partial charge on any atom is 0.00252 e. The molecule has 0 saturated heterocycles. The molecular weight excluding hydrogens is 194 g/mol. The van der Waals surface area contributed by atoms with Crippen molar-refractivity contribution in [2.75, 3.05) is 6.54 Å². The molecule has 2 N–H and O–H groups in total. The van der Waals surface area contributed by atoms with Gasteiger partial charge in [-0.05, 0) is 28.8 Å². The van der Waals surface area contributed by atoms with Gasteiger partial charge in [0.25, 0.3) is 0 Å². The summed E-state index contributed by atoms with van der Waals surface area (Å²) in [4.78, 5) is 0. The van der Waals surface area contributed by atoms with Crippen LogP contribution in [-0.4, -0.2) is 6.54 Å². The van der Waals surface area contributed by atoms with E-state index < -0.39 is 0 Å². The molecule has 84 valence electrons. The quantitative estimate of drug-likeness (QED) is 0.813. The molecule has 0 aliphatic carbocycles. The van der Waals surface area contributed by atoms with E-state index in [-0.39, 0.29) is 5.41 Å². The Kier molecular flexibility index (Phi) is 2.73. The molecule has 0 saturated carbocycles. The first-order valence-electron chi connectivity index (χ1n) is 5.75. The van der Waals surface area contributed by atoms with Crippen molar-refractivity contribution in [3.05, 3.63) is 47.5 Å². The Morgan fingerprint density at radius 2 is 1.62 bits per heavy atom. The Morgan fingerprint density at radius 3 is 2.31 bits per heavy atom. The zero-order valence-electron chi connectivity index (χ0n) is 10.2. The maximum absolute atomic E-state index is 5.87. The fourth-order valence-corrected chi connectivity index (χ4v) is 2.17. The molecule has 0 atom stereocenters. The minimum Gasteiger partial charge on any atom is -0.330 e. The van der Waals surface area contributed by atoms with E-state index in [0.29, 0.717) is 6.54 Å². The normalized spacial score (nSPS) is 12.0. The smallest absolute Gasteiger partial charge is 0.00252 e. The van der Waals surface area contributed by atoms with Crippen LogP contribution in [0.1, 0.15) is 25.0 Å². The average molecular weight is 213 g/mol. The van der Waals surface area contributed by atoms with Crippen molar-refractivity contribution in [3.63, 3.8) is 0 Å². The number of hydrogen-bond donors (Lipinski definition) is 1. The lowest BCUT2D eigenvalue weighted by Crippen LogP contribution is -2.28. The predicted octanol–water partition coefficient (Wildman–Crippen LogP) is 3.38. The molecule has 2 rings (SSSR count). The standard InChI is InChI=1S/C15H19N/c1-11-6-4-8-13-12(11)7-5-9-14(13)15(2,3)10-16/h4-9H,10,16H2,1-3H3. The second-order valence-electron chi connectivity index (χ2n) is 5.06. The molecular formula is C15H19N. The Labute approximate surface area is 97.3 Å². The highest BCUT2D eigenvalue weighted by atomic mass is 14.6. The van der Waals surface area contributed by atoms with Gasteiger partial charge in [-0.1, -0.05) is 50.2 Å². The topological polar surface area (TPSA) is 26.0 Å². The van der Waals surface area contributed by atoms with Crippen LogP contribution in [-0.2, 0) is 5.41 Å². The summed E-state index contributed by atoms with van der Waals surface area (Å²) in [6.07, 6.45) is 0. The van der Waals surface area contributed by atoms with Gasteiger partial charge >= 0.3 is 0 Å². The third-order valence-corrected chi connectivity index (χ3v) is 3.38. The van der Waals surface area contributed by atoms with Crippen molar-refractivity contribution in [1.29, 1.82) is 0 Å². The zero-order chi connectivity index (χ0) is 11.8. The summed E-state index contributed by atoms with van der Waals surface area (Å²) < 4.78 is 0. The second-order valence-corrected chi connectivity index (χ2v) is 5.06.